The second-order valence-corrected chi connectivity index (χ2v) is 7.21. The highest BCUT2D eigenvalue weighted by molar-refractivity contribution is 5.95. The number of anilines is 1. The number of imidazole rings is 1. The van der Waals surface area contributed by atoms with E-state index in [4.69, 9.17) is 5.73 Å². The average molecular weight is 401 g/mol. The Morgan fingerprint density at radius 2 is 2.00 bits per heavy atom. The molecule has 1 aromatic carbocycles. The van der Waals surface area contributed by atoms with Crippen molar-refractivity contribution in [1.82, 2.24) is 9.55 Å². The lowest BCUT2D eigenvalue weighted by Gasteiger charge is -2.25. The van der Waals surface area contributed by atoms with Crippen LogP contribution in [0.15, 0.2) is 36.7 Å². The molecule has 1 heterocycles. The zero-order valence-electron chi connectivity index (χ0n) is 15.9. The highest BCUT2D eigenvalue weighted by Gasteiger charge is 2.27. The smallest absolute Gasteiger partial charge is 0.241 e. The Kier molecular flexibility index (Phi) is 9.92. The molecule has 1 aromatic heterocycles. The molecule has 2 rings (SSSR count). The summed E-state index contributed by atoms with van der Waals surface area (Å²) in [6, 6.07) is 7.18. The number of rotatable bonds is 6. The van der Waals surface area contributed by atoms with Crippen LogP contribution in [0.1, 0.15) is 40.5 Å². The van der Waals surface area contributed by atoms with Crippen LogP contribution in [0.5, 0.6) is 0 Å². The van der Waals surface area contributed by atoms with E-state index in [1.165, 1.54) is 0 Å². The summed E-state index contributed by atoms with van der Waals surface area (Å²) in [5, 5.41) is 2.91. The summed E-state index contributed by atoms with van der Waals surface area (Å²) in [6.07, 6.45) is 6.05. The number of carbonyl (C=O) groups is 1. The van der Waals surface area contributed by atoms with Crippen molar-refractivity contribution in [3.8, 4) is 11.4 Å². The summed E-state index contributed by atoms with van der Waals surface area (Å²) < 4.78 is 2.14. The molecule has 0 aliphatic rings. The van der Waals surface area contributed by atoms with E-state index in [0.29, 0.717) is 0 Å². The molecule has 0 bridgehead atoms. The zero-order chi connectivity index (χ0) is 17.7. The molecule has 26 heavy (non-hydrogen) atoms. The first kappa shape index (κ1) is 24.4. The first-order valence-electron chi connectivity index (χ1n) is 8.51. The number of amides is 1. The lowest BCUT2D eigenvalue weighted by atomic mass is 9.87. The van der Waals surface area contributed by atoms with Crippen LogP contribution in [-0.2, 0) is 11.3 Å². The number of hydrogen-bond acceptors (Lipinski definition) is 3. The van der Waals surface area contributed by atoms with Gasteiger partial charge in [0.1, 0.15) is 5.82 Å². The van der Waals surface area contributed by atoms with Crippen LogP contribution in [0.3, 0.4) is 0 Å². The van der Waals surface area contributed by atoms with Crippen LogP contribution >= 0.6 is 24.8 Å². The molecular weight excluding hydrogens is 371 g/mol. The van der Waals surface area contributed by atoms with Gasteiger partial charge in [0.25, 0.3) is 0 Å². The second-order valence-electron chi connectivity index (χ2n) is 7.21. The second kappa shape index (κ2) is 10.6. The summed E-state index contributed by atoms with van der Waals surface area (Å²) in [5.41, 5.74) is 7.47. The van der Waals surface area contributed by atoms with Crippen molar-refractivity contribution in [2.75, 3.05) is 5.32 Å². The molecule has 0 fully saturated rings. The number of aromatic nitrogens is 2. The summed E-state index contributed by atoms with van der Waals surface area (Å²) >= 11 is 0. The molecule has 1 atom stereocenters. The molecule has 0 unspecified atom stereocenters. The summed E-state index contributed by atoms with van der Waals surface area (Å²) in [4.78, 5) is 16.8. The molecule has 0 radical (unpaired) electrons. The number of benzene rings is 1. The maximum absolute atomic E-state index is 12.3. The standard InChI is InChI=1S/C19H28N4O.2ClH/c1-5-6-11-23-12-10-21-17(23)14-8-7-9-15(13-14)22-18(24)16(20)19(2,3)4;;/h7-10,12-13,16H,5-6,11,20H2,1-4H3,(H,22,24);2*1H/t16-;;/m1../s1. The van der Waals surface area contributed by atoms with E-state index >= 15 is 0 Å². The third-order valence-corrected chi connectivity index (χ3v) is 4.07. The Morgan fingerprint density at radius 1 is 1.31 bits per heavy atom. The molecular formula is C19H30Cl2N4O. The number of aryl methyl sites for hydroxylation is 1. The van der Waals surface area contributed by atoms with Crippen LogP contribution in [0.2, 0.25) is 0 Å². The van der Waals surface area contributed by atoms with E-state index in [1.807, 2.05) is 57.4 Å². The number of nitrogens with zero attached hydrogens (tertiary/aromatic N) is 2. The van der Waals surface area contributed by atoms with Crippen molar-refractivity contribution in [3.63, 3.8) is 0 Å². The van der Waals surface area contributed by atoms with Crippen molar-refractivity contribution in [2.24, 2.45) is 11.1 Å². The molecule has 1 amide bonds. The minimum atomic E-state index is -0.562. The van der Waals surface area contributed by atoms with Gasteiger partial charge in [0.05, 0.1) is 6.04 Å². The molecule has 3 N–H and O–H groups in total. The van der Waals surface area contributed by atoms with E-state index in [-0.39, 0.29) is 36.1 Å². The fraction of sp³-hybridized carbons (Fsp3) is 0.474. The SMILES string of the molecule is CCCCn1ccnc1-c1cccc(NC(=O)[C@@H](N)C(C)(C)C)c1.Cl.Cl. The number of nitrogens with two attached hydrogens (primary N) is 1. The number of nitrogens with one attached hydrogen (secondary N) is 1. The van der Waals surface area contributed by atoms with E-state index in [0.717, 1.165) is 36.5 Å². The Morgan fingerprint density at radius 3 is 2.62 bits per heavy atom. The van der Waals surface area contributed by atoms with Gasteiger partial charge in [-0.25, -0.2) is 4.98 Å². The van der Waals surface area contributed by atoms with Gasteiger partial charge in [-0.2, -0.15) is 0 Å². The quantitative estimate of drug-likeness (QED) is 0.748. The number of carbonyl (C=O) groups excluding carboxylic acids is 1. The van der Waals surface area contributed by atoms with Crippen molar-refractivity contribution in [3.05, 3.63) is 36.7 Å². The lowest BCUT2D eigenvalue weighted by molar-refractivity contribution is -0.119. The highest BCUT2D eigenvalue weighted by atomic mass is 35.5. The van der Waals surface area contributed by atoms with E-state index in [1.54, 1.807) is 0 Å². The number of hydrogen-bond donors (Lipinski definition) is 2. The van der Waals surface area contributed by atoms with Gasteiger partial charge in [0.15, 0.2) is 0 Å². The van der Waals surface area contributed by atoms with Gasteiger partial charge in [-0.3, -0.25) is 4.79 Å². The Labute approximate surface area is 168 Å². The fourth-order valence-electron chi connectivity index (χ4n) is 2.43. The minimum absolute atomic E-state index is 0. The normalized spacial score (nSPS) is 11.9. The van der Waals surface area contributed by atoms with Crippen LogP contribution in [0.25, 0.3) is 11.4 Å². The van der Waals surface area contributed by atoms with Crippen LogP contribution < -0.4 is 11.1 Å². The molecule has 7 heteroatoms. The van der Waals surface area contributed by atoms with Gasteiger partial charge < -0.3 is 15.6 Å². The minimum Gasteiger partial charge on any atom is -0.331 e. The Hall–Kier alpha value is -1.56. The van der Waals surface area contributed by atoms with E-state index in [9.17, 15) is 4.79 Å². The third kappa shape index (κ3) is 6.31. The highest BCUT2D eigenvalue weighted by Crippen LogP contribution is 2.23. The first-order valence-corrected chi connectivity index (χ1v) is 8.51. The molecule has 0 spiro atoms. The largest absolute Gasteiger partial charge is 0.331 e. The van der Waals surface area contributed by atoms with Crippen molar-refractivity contribution >= 4 is 36.4 Å². The first-order chi connectivity index (χ1) is 11.3. The molecule has 0 saturated carbocycles. The topological polar surface area (TPSA) is 72.9 Å². The molecule has 5 nitrogen and oxygen atoms in total. The Bertz CT molecular complexity index is 695. The molecule has 0 saturated heterocycles. The fourth-order valence-corrected chi connectivity index (χ4v) is 2.43. The summed E-state index contributed by atoms with van der Waals surface area (Å²) in [6.45, 7) is 8.98. The molecule has 2 aromatic rings. The van der Waals surface area contributed by atoms with Crippen LogP contribution in [0, 0.1) is 5.41 Å². The van der Waals surface area contributed by atoms with Gasteiger partial charge in [-0.1, -0.05) is 46.2 Å². The third-order valence-electron chi connectivity index (χ3n) is 4.07. The maximum atomic E-state index is 12.3. The van der Waals surface area contributed by atoms with Crippen LogP contribution in [-0.4, -0.2) is 21.5 Å². The average Bonchev–Trinajstić information content (AvgIpc) is 3.00. The van der Waals surface area contributed by atoms with E-state index < -0.39 is 6.04 Å². The van der Waals surface area contributed by atoms with Gasteiger partial charge in [-0.15, -0.1) is 24.8 Å². The lowest BCUT2D eigenvalue weighted by Crippen LogP contribution is -2.45. The zero-order valence-corrected chi connectivity index (χ0v) is 17.5. The van der Waals surface area contributed by atoms with E-state index in [2.05, 4.69) is 21.8 Å². The monoisotopic (exact) mass is 400 g/mol. The summed E-state index contributed by atoms with van der Waals surface area (Å²) in [7, 11) is 0. The van der Waals surface area contributed by atoms with Crippen LogP contribution in [0.4, 0.5) is 5.69 Å². The van der Waals surface area contributed by atoms with Gasteiger partial charge in [0, 0.05) is 30.2 Å². The van der Waals surface area contributed by atoms with Crippen molar-refractivity contribution in [1.29, 1.82) is 0 Å². The molecule has 146 valence electrons. The van der Waals surface area contributed by atoms with Crippen molar-refractivity contribution < 1.29 is 4.79 Å². The summed E-state index contributed by atoms with van der Waals surface area (Å²) in [5.74, 6) is 0.744. The maximum Gasteiger partial charge on any atom is 0.241 e. The van der Waals surface area contributed by atoms with Crippen molar-refractivity contribution in [2.45, 2.75) is 53.1 Å². The molecule has 0 aliphatic heterocycles. The Balaban J connectivity index is 0.00000312. The predicted molar refractivity (Wildman–Crippen MR) is 113 cm³/mol. The number of unbranched alkanes of at least 4 members (excludes halogenated alkanes) is 1. The number of halogens is 2. The van der Waals surface area contributed by atoms with Gasteiger partial charge >= 0.3 is 0 Å². The van der Waals surface area contributed by atoms with Gasteiger partial charge in [0.2, 0.25) is 5.91 Å². The molecule has 0 aliphatic carbocycles. The van der Waals surface area contributed by atoms with Gasteiger partial charge in [-0.05, 0) is 24.0 Å². The predicted octanol–water partition coefficient (Wildman–Crippen LogP) is 4.51.